The molecule has 0 amide bonds. The second-order valence-corrected chi connectivity index (χ2v) is 5.81. The molecule has 1 heterocycles. The SMILES string of the molecule is CCn1c(CCNC(C)(C)C)nc2c(F)cccc21. The topological polar surface area (TPSA) is 29.9 Å². The van der Waals surface area contributed by atoms with Gasteiger partial charge in [0, 0.05) is 25.0 Å². The predicted octanol–water partition coefficient (Wildman–Crippen LogP) is 3.13. The van der Waals surface area contributed by atoms with Crippen LogP contribution in [0.15, 0.2) is 18.2 Å². The average molecular weight is 263 g/mol. The van der Waals surface area contributed by atoms with Crippen molar-refractivity contribution in [3.05, 3.63) is 29.8 Å². The molecule has 0 saturated carbocycles. The molecule has 0 spiro atoms. The Morgan fingerprint density at radius 2 is 2.05 bits per heavy atom. The van der Waals surface area contributed by atoms with E-state index in [-0.39, 0.29) is 11.4 Å². The summed E-state index contributed by atoms with van der Waals surface area (Å²) in [6.07, 6.45) is 0.805. The molecule has 2 aromatic rings. The van der Waals surface area contributed by atoms with E-state index in [0.29, 0.717) is 5.52 Å². The van der Waals surface area contributed by atoms with Crippen LogP contribution in [0.1, 0.15) is 33.5 Å². The van der Waals surface area contributed by atoms with Crippen LogP contribution < -0.4 is 5.32 Å². The lowest BCUT2D eigenvalue weighted by atomic mass is 10.1. The molecule has 0 bridgehead atoms. The van der Waals surface area contributed by atoms with Crippen LogP contribution in [0.2, 0.25) is 0 Å². The molecule has 0 saturated heterocycles. The zero-order valence-corrected chi connectivity index (χ0v) is 12.1. The van der Waals surface area contributed by atoms with Gasteiger partial charge in [-0.3, -0.25) is 0 Å². The van der Waals surface area contributed by atoms with E-state index in [1.165, 1.54) is 6.07 Å². The second-order valence-electron chi connectivity index (χ2n) is 5.81. The molecule has 3 nitrogen and oxygen atoms in total. The first-order valence-corrected chi connectivity index (χ1v) is 6.81. The van der Waals surface area contributed by atoms with E-state index in [1.54, 1.807) is 6.07 Å². The number of fused-ring (bicyclic) bond motifs is 1. The number of hydrogen-bond acceptors (Lipinski definition) is 2. The third-order valence-electron chi connectivity index (χ3n) is 3.13. The molecular formula is C15H22FN3. The van der Waals surface area contributed by atoms with Crippen LogP contribution in [-0.2, 0) is 13.0 Å². The summed E-state index contributed by atoms with van der Waals surface area (Å²) in [5.74, 6) is 0.703. The summed E-state index contributed by atoms with van der Waals surface area (Å²) < 4.78 is 15.8. The van der Waals surface area contributed by atoms with Crippen LogP contribution in [0.4, 0.5) is 4.39 Å². The quantitative estimate of drug-likeness (QED) is 0.918. The van der Waals surface area contributed by atoms with Crippen molar-refractivity contribution >= 4 is 11.0 Å². The number of imidazole rings is 1. The number of halogens is 1. The van der Waals surface area contributed by atoms with Crippen molar-refractivity contribution in [1.29, 1.82) is 0 Å². The number of rotatable bonds is 4. The number of nitrogens with one attached hydrogen (secondary N) is 1. The Morgan fingerprint density at radius 1 is 1.32 bits per heavy atom. The maximum absolute atomic E-state index is 13.7. The van der Waals surface area contributed by atoms with E-state index >= 15 is 0 Å². The largest absolute Gasteiger partial charge is 0.328 e. The fourth-order valence-corrected chi connectivity index (χ4v) is 2.25. The van der Waals surface area contributed by atoms with E-state index < -0.39 is 0 Å². The van der Waals surface area contributed by atoms with Gasteiger partial charge in [0.05, 0.1) is 5.52 Å². The number of aryl methyl sites for hydroxylation is 1. The van der Waals surface area contributed by atoms with Gasteiger partial charge in [0.25, 0.3) is 0 Å². The van der Waals surface area contributed by atoms with Gasteiger partial charge < -0.3 is 9.88 Å². The molecule has 0 unspecified atom stereocenters. The molecule has 0 atom stereocenters. The lowest BCUT2D eigenvalue weighted by Gasteiger charge is -2.20. The molecule has 0 aliphatic heterocycles. The molecule has 0 aliphatic carbocycles. The van der Waals surface area contributed by atoms with Gasteiger partial charge >= 0.3 is 0 Å². The number of hydrogen-bond donors (Lipinski definition) is 1. The highest BCUT2D eigenvalue weighted by Crippen LogP contribution is 2.19. The van der Waals surface area contributed by atoms with Gasteiger partial charge in [0.15, 0.2) is 5.82 Å². The van der Waals surface area contributed by atoms with Gasteiger partial charge in [-0.25, -0.2) is 9.37 Å². The van der Waals surface area contributed by atoms with Crippen molar-refractivity contribution in [2.24, 2.45) is 0 Å². The summed E-state index contributed by atoms with van der Waals surface area (Å²) in [7, 11) is 0. The first kappa shape index (κ1) is 14.0. The summed E-state index contributed by atoms with van der Waals surface area (Å²) in [5.41, 5.74) is 1.46. The minimum atomic E-state index is -0.241. The maximum Gasteiger partial charge on any atom is 0.151 e. The third-order valence-corrected chi connectivity index (χ3v) is 3.13. The van der Waals surface area contributed by atoms with E-state index in [1.807, 2.05) is 6.07 Å². The highest BCUT2D eigenvalue weighted by molar-refractivity contribution is 5.76. The van der Waals surface area contributed by atoms with Crippen molar-refractivity contribution in [1.82, 2.24) is 14.9 Å². The fourth-order valence-electron chi connectivity index (χ4n) is 2.25. The van der Waals surface area contributed by atoms with Crippen LogP contribution in [0.3, 0.4) is 0 Å². The Balaban J connectivity index is 2.25. The van der Waals surface area contributed by atoms with E-state index in [4.69, 9.17) is 0 Å². The summed E-state index contributed by atoms with van der Waals surface area (Å²) in [5, 5.41) is 3.43. The predicted molar refractivity (Wildman–Crippen MR) is 76.8 cm³/mol. The summed E-state index contributed by atoms with van der Waals surface area (Å²) in [4.78, 5) is 4.45. The molecule has 1 N–H and O–H groups in total. The second kappa shape index (κ2) is 5.29. The highest BCUT2D eigenvalue weighted by Gasteiger charge is 2.13. The first-order chi connectivity index (χ1) is 8.92. The van der Waals surface area contributed by atoms with E-state index in [0.717, 1.165) is 30.9 Å². The Kier molecular flexibility index (Phi) is 3.90. The maximum atomic E-state index is 13.7. The Labute approximate surface area is 113 Å². The summed E-state index contributed by atoms with van der Waals surface area (Å²) >= 11 is 0. The van der Waals surface area contributed by atoms with Crippen molar-refractivity contribution < 1.29 is 4.39 Å². The van der Waals surface area contributed by atoms with Crippen LogP contribution in [0.25, 0.3) is 11.0 Å². The molecular weight excluding hydrogens is 241 g/mol. The summed E-state index contributed by atoms with van der Waals surface area (Å²) in [6, 6.07) is 5.13. The normalized spacial score (nSPS) is 12.3. The smallest absolute Gasteiger partial charge is 0.151 e. The Morgan fingerprint density at radius 3 is 2.68 bits per heavy atom. The van der Waals surface area contributed by atoms with Crippen LogP contribution >= 0.6 is 0 Å². The molecule has 0 aliphatic rings. The van der Waals surface area contributed by atoms with Gasteiger partial charge in [-0.2, -0.15) is 0 Å². The molecule has 0 radical (unpaired) electrons. The minimum absolute atomic E-state index is 0.0916. The number of benzene rings is 1. The van der Waals surface area contributed by atoms with Gasteiger partial charge in [0.2, 0.25) is 0 Å². The van der Waals surface area contributed by atoms with Crippen molar-refractivity contribution in [3.8, 4) is 0 Å². The Bertz CT molecular complexity index is 567. The van der Waals surface area contributed by atoms with Crippen molar-refractivity contribution in [2.45, 2.75) is 46.2 Å². The first-order valence-electron chi connectivity index (χ1n) is 6.81. The monoisotopic (exact) mass is 263 g/mol. The van der Waals surface area contributed by atoms with Crippen LogP contribution in [0.5, 0.6) is 0 Å². The highest BCUT2D eigenvalue weighted by atomic mass is 19.1. The number of para-hydroxylation sites is 1. The zero-order chi connectivity index (χ0) is 14.0. The minimum Gasteiger partial charge on any atom is -0.328 e. The molecule has 0 fully saturated rings. The van der Waals surface area contributed by atoms with Crippen LogP contribution in [-0.4, -0.2) is 21.6 Å². The molecule has 4 heteroatoms. The van der Waals surface area contributed by atoms with E-state index in [2.05, 4.69) is 42.6 Å². The number of nitrogens with zero attached hydrogens (tertiary/aromatic N) is 2. The standard InChI is InChI=1S/C15H22FN3/c1-5-19-12-8-6-7-11(16)14(12)18-13(19)9-10-17-15(2,3)4/h6-8,17H,5,9-10H2,1-4H3. The number of aromatic nitrogens is 2. The average Bonchev–Trinajstić information content (AvgIpc) is 2.66. The molecule has 1 aromatic carbocycles. The van der Waals surface area contributed by atoms with Gasteiger partial charge in [-0.1, -0.05) is 6.07 Å². The third kappa shape index (κ3) is 3.13. The van der Waals surface area contributed by atoms with Crippen molar-refractivity contribution in [3.63, 3.8) is 0 Å². The zero-order valence-electron chi connectivity index (χ0n) is 12.1. The Hall–Kier alpha value is -1.42. The lowest BCUT2D eigenvalue weighted by molar-refractivity contribution is 0.425. The lowest BCUT2D eigenvalue weighted by Crippen LogP contribution is -2.37. The van der Waals surface area contributed by atoms with Gasteiger partial charge in [-0.15, -0.1) is 0 Å². The molecule has 19 heavy (non-hydrogen) atoms. The fraction of sp³-hybridized carbons (Fsp3) is 0.533. The molecule has 104 valence electrons. The van der Waals surface area contributed by atoms with Crippen LogP contribution in [0, 0.1) is 5.82 Å². The molecule has 1 aromatic heterocycles. The summed E-state index contributed by atoms with van der Waals surface area (Å²) in [6.45, 7) is 10.1. The van der Waals surface area contributed by atoms with E-state index in [9.17, 15) is 4.39 Å². The van der Waals surface area contributed by atoms with Crippen molar-refractivity contribution in [2.75, 3.05) is 6.54 Å². The molecule has 2 rings (SSSR count). The van der Waals surface area contributed by atoms with Gasteiger partial charge in [-0.05, 0) is 39.8 Å². The van der Waals surface area contributed by atoms with Gasteiger partial charge in [0.1, 0.15) is 11.3 Å².